The number of carbonyl (C=O) groups is 1. The Balaban J connectivity index is 1.98. The summed E-state index contributed by atoms with van der Waals surface area (Å²) in [5.41, 5.74) is 1.37. The van der Waals surface area contributed by atoms with Crippen molar-refractivity contribution < 1.29 is 23.9 Å². The standard InChI is InChI=1S/C16H14N2O5S2/c1-3-23-15(20)13-9(2)17-14(19)12(24-16(17)25-13)8-10-4-6-11(7-5-10)18(21)22/h4-8H,3H2,1-2H3,(H-,19,21,22). The summed E-state index contributed by atoms with van der Waals surface area (Å²) in [5, 5.41) is 31.9. The van der Waals surface area contributed by atoms with Gasteiger partial charge in [0.15, 0.2) is 4.88 Å². The molecule has 25 heavy (non-hydrogen) atoms. The number of fused-ring (bicyclic) bond motifs is 1. The Morgan fingerprint density at radius 3 is 2.56 bits per heavy atom. The van der Waals surface area contributed by atoms with E-state index in [1.165, 1.54) is 34.8 Å². The van der Waals surface area contributed by atoms with Crippen LogP contribution in [0.15, 0.2) is 29.9 Å². The smallest absolute Gasteiger partial charge is 0.391 e. The summed E-state index contributed by atoms with van der Waals surface area (Å²) in [5.74, 6) is -0.371. The van der Waals surface area contributed by atoms with Crippen molar-refractivity contribution in [2.24, 2.45) is 0 Å². The zero-order valence-corrected chi connectivity index (χ0v) is 15.0. The van der Waals surface area contributed by atoms with Crippen LogP contribution in [0.3, 0.4) is 0 Å². The summed E-state index contributed by atoms with van der Waals surface area (Å²) >= 11 is 2.60. The molecule has 0 unspecified atom stereocenters. The highest BCUT2D eigenvalue weighted by Crippen LogP contribution is 2.32. The lowest BCUT2D eigenvalue weighted by atomic mass is 10.1. The first-order valence-electron chi connectivity index (χ1n) is 7.35. The quantitative estimate of drug-likeness (QED) is 0.383. The van der Waals surface area contributed by atoms with Crippen molar-refractivity contribution in [1.29, 1.82) is 0 Å². The molecule has 0 aromatic carbocycles. The van der Waals surface area contributed by atoms with Gasteiger partial charge in [-0.15, -0.1) is 4.40 Å². The van der Waals surface area contributed by atoms with E-state index in [1.807, 2.05) is 0 Å². The van der Waals surface area contributed by atoms with Crippen LogP contribution in [0.25, 0.3) is 10.2 Å². The van der Waals surface area contributed by atoms with Gasteiger partial charge in [0.1, 0.15) is 4.88 Å². The van der Waals surface area contributed by atoms with Crippen LogP contribution in [-0.4, -0.2) is 28.3 Å². The maximum Gasteiger partial charge on any atom is 0.391 e. The van der Waals surface area contributed by atoms with Gasteiger partial charge >= 0.3 is 16.0 Å². The molecule has 0 fully saturated rings. The molecule has 3 rings (SSSR count). The third kappa shape index (κ3) is 3.15. The van der Waals surface area contributed by atoms with E-state index >= 15 is 0 Å². The molecule has 0 spiro atoms. The SMILES string of the molecule is CCOC(=O)c1sc2sc(C=C3C=CC(=[N+]([O-])[O-])C=C3)c(O)[n+]2c1C. The number of allylic oxidation sites excluding steroid dienone is 5. The van der Waals surface area contributed by atoms with E-state index in [1.54, 1.807) is 36.5 Å². The molecule has 2 aromatic heterocycles. The van der Waals surface area contributed by atoms with Gasteiger partial charge in [-0.2, -0.15) is 4.90 Å². The van der Waals surface area contributed by atoms with Crippen molar-refractivity contribution in [2.45, 2.75) is 13.8 Å². The molecule has 7 nitrogen and oxygen atoms in total. The average molecular weight is 378 g/mol. The Hall–Kier alpha value is -2.65. The third-order valence-corrected chi connectivity index (χ3v) is 5.93. The first-order chi connectivity index (χ1) is 11.9. The normalized spacial score (nSPS) is 13.5. The molecule has 2 aromatic rings. The van der Waals surface area contributed by atoms with E-state index in [-0.39, 0.29) is 11.6 Å². The van der Waals surface area contributed by atoms with Gasteiger partial charge in [0.05, 0.1) is 6.61 Å². The maximum atomic E-state index is 11.9. The number of rotatable bonds is 3. The molecule has 0 amide bonds. The molecule has 1 N–H and O–H groups in total. The molecule has 0 aliphatic heterocycles. The van der Waals surface area contributed by atoms with Crippen LogP contribution >= 0.6 is 22.7 Å². The maximum absolute atomic E-state index is 11.9. The van der Waals surface area contributed by atoms with E-state index in [2.05, 4.69) is 0 Å². The number of nitrogens with zero attached hydrogens (tertiary/aromatic N) is 2. The first kappa shape index (κ1) is 17.2. The molecular weight excluding hydrogens is 364 g/mol. The van der Waals surface area contributed by atoms with Gasteiger partial charge in [0, 0.05) is 19.1 Å². The molecule has 0 saturated heterocycles. The number of aryl methyl sites for hydroxylation is 1. The predicted octanol–water partition coefficient (Wildman–Crippen LogP) is 2.70. The minimum absolute atomic E-state index is 0.0119. The van der Waals surface area contributed by atoms with Crippen LogP contribution in [0.2, 0.25) is 0 Å². The largest absolute Gasteiger partial charge is 0.612 e. The minimum Gasteiger partial charge on any atom is -0.612 e. The number of esters is 1. The van der Waals surface area contributed by atoms with Crippen molar-refractivity contribution in [3.8, 4) is 5.88 Å². The Kier molecular flexibility index (Phi) is 4.60. The fourth-order valence-electron chi connectivity index (χ4n) is 2.33. The van der Waals surface area contributed by atoms with Crippen LogP contribution < -0.4 is 4.40 Å². The van der Waals surface area contributed by atoms with Crippen LogP contribution in [-0.2, 0) is 4.74 Å². The van der Waals surface area contributed by atoms with Gasteiger partial charge in [-0.05, 0) is 53.4 Å². The zero-order valence-electron chi connectivity index (χ0n) is 13.4. The third-order valence-electron chi connectivity index (χ3n) is 3.53. The highest BCUT2D eigenvalue weighted by atomic mass is 32.2. The molecule has 0 atom stereocenters. The van der Waals surface area contributed by atoms with Crippen LogP contribution in [0, 0.1) is 17.3 Å². The summed E-state index contributed by atoms with van der Waals surface area (Å²) in [4.78, 5) is 12.6. The van der Waals surface area contributed by atoms with Crippen molar-refractivity contribution in [1.82, 2.24) is 0 Å². The first-order valence-corrected chi connectivity index (χ1v) is 8.99. The molecule has 130 valence electrons. The Morgan fingerprint density at radius 1 is 1.32 bits per heavy atom. The van der Waals surface area contributed by atoms with Crippen LogP contribution in [0.1, 0.15) is 27.2 Å². The summed E-state index contributed by atoms with van der Waals surface area (Å²) < 4.78 is 7.39. The lowest BCUT2D eigenvalue weighted by Crippen LogP contribution is -2.21. The topological polar surface area (TPSA) is 99.8 Å². The molecule has 0 radical (unpaired) electrons. The fourth-order valence-corrected chi connectivity index (χ4v) is 4.77. The molecule has 1 aliphatic rings. The highest BCUT2D eigenvalue weighted by molar-refractivity contribution is 7.36. The summed E-state index contributed by atoms with van der Waals surface area (Å²) in [7, 11) is 0. The monoisotopic (exact) mass is 378 g/mol. The Bertz CT molecular complexity index is 956. The van der Waals surface area contributed by atoms with E-state index in [9.17, 15) is 20.3 Å². The van der Waals surface area contributed by atoms with Crippen LogP contribution in [0.5, 0.6) is 5.88 Å². The number of hydrogen-bond donors (Lipinski definition) is 1. The van der Waals surface area contributed by atoms with Gasteiger partial charge in [0.25, 0.3) is 0 Å². The predicted molar refractivity (Wildman–Crippen MR) is 96.0 cm³/mol. The molecule has 1 aliphatic carbocycles. The number of ether oxygens (including phenoxy) is 1. The van der Waals surface area contributed by atoms with Gasteiger partial charge in [-0.25, -0.2) is 4.79 Å². The van der Waals surface area contributed by atoms with Crippen molar-refractivity contribution in [3.63, 3.8) is 0 Å². The van der Waals surface area contributed by atoms with Gasteiger partial charge in [-0.3, -0.25) is 0 Å². The molecule has 9 heteroatoms. The van der Waals surface area contributed by atoms with Gasteiger partial charge in [0.2, 0.25) is 11.4 Å². The molecule has 2 heterocycles. The van der Waals surface area contributed by atoms with Crippen molar-refractivity contribution in [3.05, 3.63) is 55.7 Å². The van der Waals surface area contributed by atoms with E-state index in [0.29, 0.717) is 22.1 Å². The molecular formula is C16H14N2O5S2. The highest BCUT2D eigenvalue weighted by Gasteiger charge is 2.31. The number of aromatic hydroxyl groups is 1. The van der Waals surface area contributed by atoms with Gasteiger partial charge in [-0.1, -0.05) is 0 Å². The second kappa shape index (κ2) is 6.69. The average Bonchev–Trinajstić information content (AvgIpc) is 3.06. The summed E-state index contributed by atoms with van der Waals surface area (Å²) in [6.45, 7) is 3.78. The van der Waals surface area contributed by atoms with Crippen molar-refractivity contribution in [2.75, 3.05) is 6.61 Å². The second-order valence-electron chi connectivity index (χ2n) is 5.12. The Morgan fingerprint density at radius 2 is 2.00 bits per heavy atom. The van der Waals surface area contributed by atoms with Crippen LogP contribution in [0.4, 0.5) is 0 Å². The van der Waals surface area contributed by atoms with Gasteiger partial charge < -0.3 is 20.3 Å². The zero-order chi connectivity index (χ0) is 18.1. The van der Waals surface area contributed by atoms with Crippen molar-refractivity contribution >= 4 is 44.6 Å². The minimum atomic E-state index is -0.460. The number of aromatic nitrogens is 1. The summed E-state index contributed by atoms with van der Waals surface area (Å²) in [6, 6.07) is 0. The van der Waals surface area contributed by atoms with E-state index < -0.39 is 10.9 Å². The number of thiazole rings is 2. The number of carbonyl (C=O) groups excluding carboxylic acids is 1. The van der Waals surface area contributed by atoms with E-state index in [4.69, 9.17) is 4.74 Å². The number of hydrogen-bond acceptors (Lipinski definition) is 7. The molecule has 0 saturated carbocycles. The lowest BCUT2D eigenvalue weighted by molar-refractivity contribution is -0.521. The molecule has 0 bridgehead atoms. The lowest BCUT2D eigenvalue weighted by Gasteiger charge is -2.07. The fraction of sp³-hybridized carbons (Fsp3) is 0.188. The van der Waals surface area contributed by atoms with E-state index in [0.717, 1.165) is 9.72 Å². The summed E-state index contributed by atoms with van der Waals surface area (Å²) in [6.07, 6.45) is 7.80. The second-order valence-corrected chi connectivity index (χ2v) is 7.41. The Labute approximate surface area is 150 Å².